The molecule has 0 bridgehead atoms. The van der Waals surface area contributed by atoms with Crippen LogP contribution in [-0.4, -0.2) is 51.4 Å². The van der Waals surface area contributed by atoms with E-state index in [2.05, 4.69) is 5.32 Å². The molecule has 0 fully saturated rings. The molecule has 0 saturated heterocycles. The maximum atomic E-state index is 13.0. The van der Waals surface area contributed by atoms with Crippen molar-refractivity contribution in [1.82, 2.24) is 4.31 Å². The molecule has 1 aliphatic rings. The first kappa shape index (κ1) is 22.3. The predicted molar refractivity (Wildman–Crippen MR) is 120 cm³/mol. The van der Waals surface area contributed by atoms with Crippen molar-refractivity contribution in [2.24, 2.45) is 0 Å². The number of thioether (sulfide) groups is 1. The number of nitrogens with zero attached hydrogens (tertiary/aromatic N) is 2. The highest BCUT2D eigenvalue weighted by Gasteiger charge is 2.43. The van der Waals surface area contributed by atoms with Crippen LogP contribution in [0.1, 0.15) is 19.4 Å². The van der Waals surface area contributed by atoms with Crippen molar-refractivity contribution in [3.63, 3.8) is 0 Å². The molecule has 2 aromatic carbocycles. The summed E-state index contributed by atoms with van der Waals surface area (Å²) in [5.74, 6) is -0.525. The number of nitrogens with one attached hydrogen (secondary N) is 1. The highest BCUT2D eigenvalue weighted by molar-refractivity contribution is 7.98. The third-order valence-electron chi connectivity index (χ3n) is 5.27. The fraction of sp³-hybridized carbons (Fsp3) is 0.333. The van der Waals surface area contributed by atoms with Gasteiger partial charge in [-0.15, -0.1) is 11.8 Å². The van der Waals surface area contributed by atoms with Crippen LogP contribution in [0, 0.1) is 0 Å². The maximum absolute atomic E-state index is 13.0. The Balaban J connectivity index is 1.79. The minimum atomic E-state index is -3.91. The van der Waals surface area contributed by atoms with Gasteiger partial charge in [0.05, 0.1) is 16.9 Å². The molecule has 7 nitrogen and oxygen atoms in total. The normalized spacial score (nSPS) is 15.4. The van der Waals surface area contributed by atoms with Gasteiger partial charge in [0.25, 0.3) is 0 Å². The van der Waals surface area contributed by atoms with Crippen LogP contribution in [0.5, 0.6) is 0 Å². The van der Waals surface area contributed by atoms with Gasteiger partial charge in [-0.25, -0.2) is 8.42 Å². The zero-order chi connectivity index (χ0) is 22.3. The van der Waals surface area contributed by atoms with Crippen LogP contribution in [0.15, 0.2) is 52.3 Å². The van der Waals surface area contributed by atoms with Crippen molar-refractivity contribution in [1.29, 1.82) is 0 Å². The van der Waals surface area contributed by atoms with Crippen LogP contribution in [0.2, 0.25) is 0 Å². The number of carbonyl (C=O) groups is 2. The second-order valence-corrected chi connectivity index (χ2v) is 10.6. The van der Waals surface area contributed by atoms with Crippen LogP contribution in [0.3, 0.4) is 0 Å². The molecule has 1 N–H and O–H groups in total. The molecule has 0 spiro atoms. The second-order valence-electron chi connectivity index (χ2n) is 7.71. The van der Waals surface area contributed by atoms with Gasteiger partial charge in [0.15, 0.2) is 0 Å². The van der Waals surface area contributed by atoms with Gasteiger partial charge >= 0.3 is 0 Å². The second kappa shape index (κ2) is 8.05. The van der Waals surface area contributed by atoms with Crippen LogP contribution in [0.4, 0.5) is 11.4 Å². The lowest BCUT2D eigenvalue weighted by Gasteiger charge is -2.19. The van der Waals surface area contributed by atoms with Gasteiger partial charge in [0.1, 0.15) is 0 Å². The molecule has 2 amide bonds. The van der Waals surface area contributed by atoms with Crippen molar-refractivity contribution in [3.05, 3.63) is 48.0 Å². The summed E-state index contributed by atoms with van der Waals surface area (Å²) in [4.78, 5) is 27.4. The first-order valence-electron chi connectivity index (χ1n) is 9.31. The Bertz CT molecular complexity index is 1110. The summed E-state index contributed by atoms with van der Waals surface area (Å²) >= 11 is 1.55. The van der Waals surface area contributed by atoms with E-state index in [1.165, 1.54) is 24.1 Å². The Morgan fingerprint density at radius 1 is 1.20 bits per heavy atom. The molecule has 9 heteroatoms. The van der Waals surface area contributed by atoms with E-state index in [0.29, 0.717) is 16.9 Å². The monoisotopic (exact) mass is 447 g/mol. The quantitative estimate of drug-likeness (QED) is 0.688. The standard InChI is InChI=1S/C21H25N3O4S2/c1-21(2)17-12-16(9-10-18(17)24(4)20(21)26)30(27,28)23(3)13-19(25)22-14-7-6-8-15(11-14)29-5/h6-12H,13H2,1-5H3,(H,22,25). The smallest absolute Gasteiger partial charge is 0.243 e. The van der Waals surface area contributed by atoms with Crippen molar-refractivity contribution < 1.29 is 18.0 Å². The molecule has 30 heavy (non-hydrogen) atoms. The van der Waals surface area contributed by atoms with Crippen molar-refractivity contribution in [2.75, 3.05) is 37.1 Å². The summed E-state index contributed by atoms with van der Waals surface area (Å²) in [5, 5.41) is 2.73. The Morgan fingerprint density at radius 2 is 1.90 bits per heavy atom. The molecular formula is C21H25N3O4S2. The molecule has 1 heterocycles. The van der Waals surface area contributed by atoms with Gasteiger partial charge < -0.3 is 10.2 Å². The van der Waals surface area contributed by atoms with Gasteiger partial charge in [-0.3, -0.25) is 9.59 Å². The molecule has 0 unspecified atom stereocenters. The number of benzene rings is 2. The topological polar surface area (TPSA) is 86.8 Å². The van der Waals surface area contributed by atoms with Gasteiger partial charge in [-0.1, -0.05) is 6.07 Å². The number of hydrogen-bond acceptors (Lipinski definition) is 5. The number of hydrogen-bond donors (Lipinski definition) is 1. The average molecular weight is 448 g/mol. The summed E-state index contributed by atoms with van der Waals surface area (Å²) in [6, 6.07) is 12.0. The van der Waals surface area contributed by atoms with Crippen LogP contribution in [-0.2, 0) is 25.0 Å². The molecule has 0 aliphatic carbocycles. The predicted octanol–water partition coefficient (Wildman–Crippen LogP) is 2.92. The van der Waals surface area contributed by atoms with E-state index < -0.39 is 21.3 Å². The van der Waals surface area contributed by atoms with Gasteiger partial charge in [0, 0.05) is 30.4 Å². The van der Waals surface area contributed by atoms with Gasteiger partial charge in [-0.2, -0.15) is 4.31 Å². The molecule has 0 saturated carbocycles. The summed E-state index contributed by atoms with van der Waals surface area (Å²) < 4.78 is 27.1. The fourth-order valence-corrected chi connectivity index (χ4v) is 5.09. The fourth-order valence-electron chi connectivity index (χ4n) is 3.48. The summed E-state index contributed by atoms with van der Waals surface area (Å²) in [7, 11) is -0.870. The first-order valence-corrected chi connectivity index (χ1v) is 12.0. The SMILES string of the molecule is CSc1cccc(NC(=O)CN(C)S(=O)(=O)c2ccc3c(c2)C(C)(C)C(=O)N3C)c1. The number of rotatable bonds is 6. The van der Waals surface area contributed by atoms with E-state index in [9.17, 15) is 18.0 Å². The highest BCUT2D eigenvalue weighted by Crippen LogP contribution is 2.41. The molecule has 0 atom stereocenters. The molecule has 0 radical (unpaired) electrons. The Morgan fingerprint density at radius 3 is 2.57 bits per heavy atom. The lowest BCUT2D eigenvalue weighted by Crippen LogP contribution is -2.35. The third kappa shape index (κ3) is 3.97. The van der Waals surface area contributed by atoms with E-state index in [1.807, 2.05) is 24.5 Å². The van der Waals surface area contributed by atoms with Gasteiger partial charge in [0.2, 0.25) is 21.8 Å². The molecule has 0 aromatic heterocycles. The molecule has 3 rings (SSSR count). The van der Waals surface area contributed by atoms with E-state index in [1.54, 1.807) is 44.8 Å². The zero-order valence-corrected chi connectivity index (χ0v) is 19.2. The Labute approximate surface area is 181 Å². The van der Waals surface area contributed by atoms with Crippen LogP contribution in [0.25, 0.3) is 0 Å². The Kier molecular flexibility index (Phi) is 5.99. The third-order valence-corrected chi connectivity index (χ3v) is 7.79. The van der Waals surface area contributed by atoms with E-state index in [-0.39, 0.29) is 17.3 Å². The number of carbonyl (C=O) groups excluding carboxylic acids is 2. The summed E-state index contributed by atoms with van der Waals surface area (Å²) in [6.07, 6.45) is 1.94. The summed E-state index contributed by atoms with van der Waals surface area (Å²) in [6.45, 7) is 3.22. The average Bonchev–Trinajstić information content (AvgIpc) is 2.88. The number of fused-ring (bicyclic) bond motifs is 1. The molecule has 2 aromatic rings. The van der Waals surface area contributed by atoms with Crippen molar-refractivity contribution in [3.8, 4) is 0 Å². The summed E-state index contributed by atoms with van der Waals surface area (Å²) in [5.41, 5.74) is 1.15. The molecular weight excluding hydrogens is 422 g/mol. The lowest BCUT2D eigenvalue weighted by molar-refractivity contribution is -0.121. The Hall–Kier alpha value is -2.36. The molecule has 1 aliphatic heterocycles. The number of sulfonamides is 1. The zero-order valence-electron chi connectivity index (χ0n) is 17.6. The van der Waals surface area contributed by atoms with Crippen molar-refractivity contribution >= 4 is 45.0 Å². The lowest BCUT2D eigenvalue weighted by atomic mass is 9.86. The minimum absolute atomic E-state index is 0.0529. The molecule has 160 valence electrons. The first-order chi connectivity index (χ1) is 14.0. The van der Waals surface area contributed by atoms with Crippen molar-refractivity contribution in [2.45, 2.75) is 29.1 Å². The van der Waals surface area contributed by atoms with E-state index in [4.69, 9.17) is 0 Å². The van der Waals surface area contributed by atoms with Gasteiger partial charge in [-0.05, 0) is 62.1 Å². The highest BCUT2D eigenvalue weighted by atomic mass is 32.2. The maximum Gasteiger partial charge on any atom is 0.243 e. The number of likely N-dealkylation sites (N-methyl/N-ethyl adjacent to an activating group) is 2. The minimum Gasteiger partial charge on any atom is -0.325 e. The number of amides is 2. The van der Waals surface area contributed by atoms with Crippen LogP contribution < -0.4 is 10.2 Å². The largest absolute Gasteiger partial charge is 0.325 e. The van der Waals surface area contributed by atoms with E-state index in [0.717, 1.165) is 9.20 Å². The van der Waals surface area contributed by atoms with Crippen LogP contribution >= 0.6 is 11.8 Å². The van der Waals surface area contributed by atoms with E-state index >= 15 is 0 Å². The number of anilines is 2.